The van der Waals surface area contributed by atoms with Gasteiger partial charge in [0.2, 0.25) is 11.8 Å². The highest BCUT2D eigenvalue weighted by Crippen LogP contribution is 2.49. The molecular weight excluding hydrogens is 460 g/mol. The number of fused-ring (bicyclic) bond motifs is 2. The van der Waals surface area contributed by atoms with Gasteiger partial charge in [-0.05, 0) is 72.7 Å². The maximum atomic E-state index is 12.4. The highest BCUT2D eigenvalue weighted by atomic mass is 35.5. The van der Waals surface area contributed by atoms with Gasteiger partial charge in [0.05, 0.1) is 16.0 Å². The van der Waals surface area contributed by atoms with Crippen LogP contribution in [0.15, 0.2) is 47.9 Å². The quantitative estimate of drug-likeness (QED) is 0.348. The van der Waals surface area contributed by atoms with E-state index in [1.165, 1.54) is 17.4 Å². The zero-order valence-corrected chi connectivity index (χ0v) is 19.6. The van der Waals surface area contributed by atoms with Crippen molar-refractivity contribution >= 4 is 57.4 Å². The van der Waals surface area contributed by atoms with Crippen LogP contribution in [0.2, 0.25) is 0 Å². The number of carbonyl (C=O) groups is 3. The summed E-state index contributed by atoms with van der Waals surface area (Å²) < 4.78 is 0. The number of carbonyl (C=O) groups excluding carboxylic acids is 3. The Balaban J connectivity index is 0.000000275. The molecule has 3 heterocycles. The summed E-state index contributed by atoms with van der Waals surface area (Å²) in [4.78, 5) is 35.4. The van der Waals surface area contributed by atoms with Gasteiger partial charge in [-0.25, -0.2) is 0 Å². The third-order valence-corrected chi connectivity index (χ3v) is 6.97. The number of hydrogen-bond acceptors (Lipinski definition) is 5. The highest BCUT2D eigenvalue weighted by molar-refractivity contribution is 7.13. The van der Waals surface area contributed by atoms with E-state index in [2.05, 4.69) is 20.8 Å². The SMILES string of the molecule is Cc1cc(C=CC(=O)Nc2ccc3c(c2)NC(=O)C32CCCC2)n[nH]1.O=C(Cl)c1cccs1. The molecule has 0 unspecified atom stereocenters. The number of benzene rings is 1. The molecule has 1 aliphatic carbocycles. The molecule has 3 N–H and O–H groups in total. The number of aryl methyl sites for hydroxylation is 1. The van der Waals surface area contributed by atoms with Crippen LogP contribution in [0.5, 0.6) is 0 Å². The molecule has 1 aromatic carbocycles. The van der Waals surface area contributed by atoms with Crippen molar-refractivity contribution in [3.8, 4) is 0 Å². The molecule has 3 aromatic rings. The van der Waals surface area contributed by atoms with Crippen molar-refractivity contribution in [1.82, 2.24) is 10.2 Å². The number of hydrogen-bond donors (Lipinski definition) is 3. The van der Waals surface area contributed by atoms with Crippen molar-refractivity contribution < 1.29 is 14.4 Å². The molecule has 2 aliphatic rings. The molecule has 1 saturated carbocycles. The highest BCUT2D eigenvalue weighted by Gasteiger charge is 2.48. The van der Waals surface area contributed by atoms with Gasteiger partial charge in [0.1, 0.15) is 0 Å². The van der Waals surface area contributed by atoms with Crippen molar-refractivity contribution in [2.45, 2.75) is 38.0 Å². The van der Waals surface area contributed by atoms with Crippen LogP contribution in [0.4, 0.5) is 11.4 Å². The standard InChI is InChI=1S/C19H20N4O2.C5H3ClOS/c1-12-10-14(23-22-12)5-7-17(24)20-13-4-6-15-16(11-13)21-18(25)19(15)8-2-3-9-19;6-5(7)4-2-1-3-8-4/h4-7,10-11H,2-3,8-9H2,1H3,(H,20,24)(H,21,25)(H,22,23);1-3H. The lowest BCUT2D eigenvalue weighted by atomic mass is 9.80. The minimum atomic E-state index is -0.375. The monoisotopic (exact) mass is 482 g/mol. The third-order valence-electron chi connectivity index (χ3n) is 5.79. The Labute approximate surface area is 200 Å². The fourth-order valence-corrected chi connectivity index (χ4v) is 4.99. The number of H-pyrrole nitrogens is 1. The second kappa shape index (κ2) is 9.72. The molecule has 9 heteroatoms. The molecule has 2 aromatic heterocycles. The smallest absolute Gasteiger partial charge is 0.262 e. The Kier molecular flexibility index (Phi) is 6.76. The number of amides is 2. The Morgan fingerprint density at radius 3 is 2.61 bits per heavy atom. The van der Waals surface area contributed by atoms with Crippen molar-refractivity contribution in [3.05, 3.63) is 69.7 Å². The van der Waals surface area contributed by atoms with Crippen molar-refractivity contribution in [2.75, 3.05) is 10.6 Å². The lowest BCUT2D eigenvalue weighted by Crippen LogP contribution is -2.30. The maximum absolute atomic E-state index is 12.4. The maximum Gasteiger partial charge on any atom is 0.262 e. The predicted octanol–water partition coefficient (Wildman–Crippen LogP) is 5.26. The number of aromatic amines is 1. The van der Waals surface area contributed by atoms with E-state index in [4.69, 9.17) is 11.6 Å². The molecule has 1 fully saturated rings. The second-order valence-electron chi connectivity index (χ2n) is 8.05. The summed E-state index contributed by atoms with van der Waals surface area (Å²) >= 11 is 6.47. The van der Waals surface area contributed by atoms with Crippen LogP contribution in [0, 0.1) is 6.92 Å². The third kappa shape index (κ3) is 5.07. The average molecular weight is 483 g/mol. The van der Waals surface area contributed by atoms with E-state index in [1.807, 2.05) is 36.6 Å². The molecule has 1 spiro atoms. The summed E-state index contributed by atoms with van der Waals surface area (Å²) in [6, 6.07) is 11.0. The van der Waals surface area contributed by atoms with Gasteiger partial charge >= 0.3 is 0 Å². The Bertz CT molecular complexity index is 1210. The van der Waals surface area contributed by atoms with Crippen LogP contribution < -0.4 is 10.6 Å². The molecule has 170 valence electrons. The molecule has 33 heavy (non-hydrogen) atoms. The van der Waals surface area contributed by atoms with E-state index in [9.17, 15) is 14.4 Å². The number of halogens is 1. The second-order valence-corrected chi connectivity index (χ2v) is 9.34. The van der Waals surface area contributed by atoms with Crippen molar-refractivity contribution in [3.63, 3.8) is 0 Å². The number of aromatic nitrogens is 2. The topological polar surface area (TPSA) is 104 Å². The normalized spacial score (nSPS) is 15.8. The first-order valence-corrected chi connectivity index (χ1v) is 11.8. The van der Waals surface area contributed by atoms with E-state index in [0.29, 0.717) is 16.3 Å². The van der Waals surface area contributed by atoms with E-state index in [-0.39, 0.29) is 22.5 Å². The van der Waals surface area contributed by atoms with E-state index in [0.717, 1.165) is 42.6 Å². The summed E-state index contributed by atoms with van der Waals surface area (Å²) in [5, 5.41) is 14.1. The zero-order chi connectivity index (χ0) is 23.4. The first-order valence-electron chi connectivity index (χ1n) is 10.6. The van der Waals surface area contributed by atoms with Crippen LogP contribution >= 0.6 is 22.9 Å². The first-order chi connectivity index (χ1) is 15.9. The first kappa shape index (κ1) is 22.9. The largest absolute Gasteiger partial charge is 0.325 e. The fraction of sp³-hybridized carbons (Fsp3) is 0.250. The summed E-state index contributed by atoms with van der Waals surface area (Å²) in [7, 11) is 0. The van der Waals surface area contributed by atoms with Crippen molar-refractivity contribution in [2.24, 2.45) is 0 Å². The molecule has 2 amide bonds. The molecule has 5 rings (SSSR count). The minimum absolute atomic E-state index is 0.0947. The lowest BCUT2D eigenvalue weighted by molar-refractivity contribution is -0.120. The van der Waals surface area contributed by atoms with Gasteiger partial charge in [-0.3, -0.25) is 19.5 Å². The van der Waals surface area contributed by atoms with Gasteiger partial charge in [-0.1, -0.05) is 25.0 Å². The van der Waals surface area contributed by atoms with Crippen LogP contribution in [-0.4, -0.2) is 27.3 Å². The van der Waals surface area contributed by atoms with Gasteiger partial charge in [0, 0.05) is 23.1 Å². The summed E-state index contributed by atoms with van der Waals surface area (Å²) in [5.41, 5.74) is 3.84. The number of nitrogens with one attached hydrogen (secondary N) is 3. The Morgan fingerprint density at radius 2 is 2.00 bits per heavy atom. The van der Waals surface area contributed by atoms with Crippen LogP contribution in [0.25, 0.3) is 6.08 Å². The zero-order valence-electron chi connectivity index (χ0n) is 18.0. The Morgan fingerprint density at radius 1 is 1.21 bits per heavy atom. The molecule has 0 saturated heterocycles. The molecular formula is C24H23ClN4O3S. The van der Waals surface area contributed by atoms with E-state index >= 15 is 0 Å². The lowest BCUT2D eigenvalue weighted by Gasteiger charge is -2.20. The van der Waals surface area contributed by atoms with E-state index < -0.39 is 0 Å². The van der Waals surface area contributed by atoms with Gasteiger partial charge in [0.25, 0.3) is 5.24 Å². The average Bonchev–Trinajstić information content (AvgIpc) is 3.57. The summed E-state index contributed by atoms with van der Waals surface area (Å²) in [5.74, 6) is -0.141. The number of rotatable bonds is 4. The summed E-state index contributed by atoms with van der Waals surface area (Å²) in [6.07, 6.45) is 7.08. The van der Waals surface area contributed by atoms with Gasteiger partial charge in [0.15, 0.2) is 0 Å². The molecule has 1 aliphatic heterocycles. The number of thiophene rings is 1. The fourth-order valence-electron chi connectivity index (χ4n) is 4.24. The molecule has 0 bridgehead atoms. The molecule has 7 nitrogen and oxygen atoms in total. The summed E-state index contributed by atoms with van der Waals surface area (Å²) in [6.45, 7) is 1.90. The molecule has 0 atom stereocenters. The Hall–Kier alpha value is -3.23. The van der Waals surface area contributed by atoms with Crippen LogP contribution in [-0.2, 0) is 15.0 Å². The van der Waals surface area contributed by atoms with Crippen LogP contribution in [0.1, 0.15) is 52.3 Å². The van der Waals surface area contributed by atoms with E-state index in [1.54, 1.807) is 18.2 Å². The van der Waals surface area contributed by atoms with Gasteiger partial charge < -0.3 is 10.6 Å². The van der Waals surface area contributed by atoms with Crippen molar-refractivity contribution in [1.29, 1.82) is 0 Å². The minimum Gasteiger partial charge on any atom is -0.325 e. The van der Waals surface area contributed by atoms with Crippen LogP contribution in [0.3, 0.4) is 0 Å². The van der Waals surface area contributed by atoms with Gasteiger partial charge in [-0.2, -0.15) is 5.10 Å². The predicted molar refractivity (Wildman–Crippen MR) is 131 cm³/mol. The molecule has 0 radical (unpaired) electrons. The van der Waals surface area contributed by atoms with Gasteiger partial charge in [-0.15, -0.1) is 11.3 Å². The number of anilines is 2. The number of nitrogens with zero attached hydrogens (tertiary/aromatic N) is 1.